The van der Waals surface area contributed by atoms with Gasteiger partial charge in [0.15, 0.2) is 0 Å². The Morgan fingerprint density at radius 2 is 1.79 bits per heavy atom. The van der Waals surface area contributed by atoms with E-state index in [2.05, 4.69) is 20.2 Å². The third-order valence-corrected chi connectivity index (χ3v) is 4.29. The Labute approximate surface area is 144 Å². The number of rotatable bonds is 3. The van der Waals surface area contributed by atoms with Crippen molar-refractivity contribution in [1.82, 2.24) is 9.97 Å². The second-order valence-electron chi connectivity index (χ2n) is 5.72. The number of hydrogen-bond donors (Lipinski definition) is 1. The lowest BCUT2D eigenvalue weighted by Gasteiger charge is -2.19. The molecule has 2 heterocycles. The lowest BCUT2D eigenvalue weighted by Crippen LogP contribution is -2.26. The van der Waals surface area contributed by atoms with E-state index in [-0.39, 0.29) is 10.6 Å². The Kier molecular flexibility index (Phi) is 5.25. The average Bonchev–Trinajstić information content (AvgIpc) is 2.85. The summed E-state index contributed by atoms with van der Waals surface area (Å²) >= 11 is 5.89. The van der Waals surface area contributed by atoms with Crippen molar-refractivity contribution < 1.29 is 9.18 Å². The van der Waals surface area contributed by atoms with Gasteiger partial charge in [0.2, 0.25) is 5.95 Å². The smallest absolute Gasteiger partial charge is 0.260 e. The van der Waals surface area contributed by atoms with Gasteiger partial charge in [-0.1, -0.05) is 30.5 Å². The predicted molar refractivity (Wildman–Crippen MR) is 92.1 cm³/mol. The molecule has 1 aromatic heterocycles. The number of hydrogen-bond acceptors (Lipinski definition) is 4. The fourth-order valence-corrected chi connectivity index (χ4v) is 2.98. The van der Waals surface area contributed by atoms with Crippen molar-refractivity contribution in [2.24, 2.45) is 0 Å². The summed E-state index contributed by atoms with van der Waals surface area (Å²) in [7, 11) is 0. The first kappa shape index (κ1) is 16.6. The highest BCUT2D eigenvalue weighted by molar-refractivity contribution is 6.34. The zero-order valence-corrected chi connectivity index (χ0v) is 13.9. The summed E-state index contributed by atoms with van der Waals surface area (Å²) in [5, 5.41) is 2.64. The lowest BCUT2D eigenvalue weighted by molar-refractivity contribution is 0.102. The Bertz CT molecular complexity index is 695. The van der Waals surface area contributed by atoms with E-state index in [0.29, 0.717) is 11.6 Å². The fourth-order valence-electron chi connectivity index (χ4n) is 2.73. The van der Waals surface area contributed by atoms with Gasteiger partial charge in [-0.15, -0.1) is 0 Å². The molecule has 7 heteroatoms. The summed E-state index contributed by atoms with van der Waals surface area (Å²) in [6.07, 6.45) is 7.78. The fraction of sp³-hybridized carbons (Fsp3) is 0.353. The van der Waals surface area contributed by atoms with Crippen molar-refractivity contribution in [2.75, 3.05) is 23.3 Å². The van der Waals surface area contributed by atoms with Crippen LogP contribution in [0, 0.1) is 5.82 Å². The maximum Gasteiger partial charge on any atom is 0.260 e. The number of anilines is 2. The van der Waals surface area contributed by atoms with Crippen LogP contribution in [0.1, 0.15) is 36.0 Å². The van der Waals surface area contributed by atoms with E-state index in [1.165, 1.54) is 43.4 Å². The van der Waals surface area contributed by atoms with Gasteiger partial charge in [0, 0.05) is 13.1 Å². The number of amides is 1. The van der Waals surface area contributed by atoms with E-state index < -0.39 is 11.7 Å². The monoisotopic (exact) mass is 348 g/mol. The molecule has 5 nitrogen and oxygen atoms in total. The second-order valence-corrected chi connectivity index (χ2v) is 6.13. The quantitative estimate of drug-likeness (QED) is 0.913. The highest BCUT2D eigenvalue weighted by Gasteiger charge is 2.17. The van der Waals surface area contributed by atoms with Gasteiger partial charge in [-0.3, -0.25) is 4.79 Å². The van der Waals surface area contributed by atoms with Crippen molar-refractivity contribution in [3.63, 3.8) is 0 Å². The van der Waals surface area contributed by atoms with Gasteiger partial charge in [-0.2, -0.15) is 0 Å². The first-order valence-electron chi connectivity index (χ1n) is 7.97. The van der Waals surface area contributed by atoms with Crippen LogP contribution in [0.25, 0.3) is 0 Å². The molecule has 0 aliphatic carbocycles. The van der Waals surface area contributed by atoms with Gasteiger partial charge in [-0.25, -0.2) is 14.4 Å². The second kappa shape index (κ2) is 7.57. The molecule has 1 aliphatic rings. The number of nitrogens with zero attached hydrogens (tertiary/aromatic N) is 3. The Morgan fingerprint density at radius 3 is 2.42 bits per heavy atom. The molecule has 1 aliphatic heterocycles. The molecule has 1 saturated heterocycles. The van der Waals surface area contributed by atoms with Crippen LogP contribution in [-0.4, -0.2) is 29.0 Å². The van der Waals surface area contributed by atoms with Crippen LogP contribution in [0.2, 0.25) is 5.02 Å². The number of halogens is 2. The minimum Gasteiger partial charge on any atom is -0.341 e. The number of nitrogens with one attached hydrogen (secondary N) is 1. The number of aromatic nitrogens is 2. The van der Waals surface area contributed by atoms with Crippen molar-refractivity contribution in [3.05, 3.63) is 47.0 Å². The molecule has 0 bridgehead atoms. The summed E-state index contributed by atoms with van der Waals surface area (Å²) in [6.45, 7) is 1.88. The molecule has 0 atom stereocenters. The van der Waals surface area contributed by atoms with Crippen molar-refractivity contribution in [1.29, 1.82) is 0 Å². The van der Waals surface area contributed by atoms with Gasteiger partial charge in [0.05, 0.1) is 28.7 Å². The van der Waals surface area contributed by atoms with Gasteiger partial charge in [0.1, 0.15) is 5.82 Å². The van der Waals surface area contributed by atoms with E-state index in [4.69, 9.17) is 11.6 Å². The molecule has 24 heavy (non-hydrogen) atoms. The summed E-state index contributed by atoms with van der Waals surface area (Å²) in [5.41, 5.74) is 0.216. The number of carbonyl (C=O) groups excluding carboxylic acids is 1. The van der Waals surface area contributed by atoms with Crippen LogP contribution in [-0.2, 0) is 0 Å². The Balaban J connectivity index is 1.71. The molecule has 126 valence electrons. The minimum atomic E-state index is -0.665. The molecule has 3 rings (SSSR count). The summed E-state index contributed by atoms with van der Waals surface area (Å²) in [5.74, 6) is -0.634. The van der Waals surface area contributed by atoms with Crippen LogP contribution in [0.5, 0.6) is 0 Å². The molecule has 0 radical (unpaired) electrons. The summed E-state index contributed by atoms with van der Waals surface area (Å²) < 4.78 is 13.8. The Hall–Kier alpha value is -2.21. The highest BCUT2D eigenvalue weighted by Crippen LogP contribution is 2.21. The number of benzene rings is 1. The van der Waals surface area contributed by atoms with Crippen molar-refractivity contribution in [2.45, 2.75) is 25.7 Å². The first-order chi connectivity index (χ1) is 11.6. The normalized spacial score (nSPS) is 15.0. The molecule has 1 N–H and O–H groups in total. The first-order valence-corrected chi connectivity index (χ1v) is 8.35. The van der Waals surface area contributed by atoms with E-state index in [1.54, 1.807) is 0 Å². The van der Waals surface area contributed by atoms with E-state index >= 15 is 0 Å². The maximum absolute atomic E-state index is 13.8. The van der Waals surface area contributed by atoms with Gasteiger partial charge in [-0.05, 0) is 25.0 Å². The minimum absolute atomic E-state index is 0.0644. The molecular weight excluding hydrogens is 331 g/mol. The summed E-state index contributed by atoms with van der Waals surface area (Å²) in [4.78, 5) is 22.9. The van der Waals surface area contributed by atoms with Gasteiger partial charge < -0.3 is 10.2 Å². The molecule has 1 amide bonds. The van der Waals surface area contributed by atoms with Crippen LogP contribution < -0.4 is 10.2 Å². The van der Waals surface area contributed by atoms with E-state index in [1.807, 2.05) is 0 Å². The summed E-state index contributed by atoms with van der Waals surface area (Å²) in [6, 6.07) is 4.12. The van der Waals surface area contributed by atoms with Crippen LogP contribution in [0.4, 0.5) is 16.0 Å². The van der Waals surface area contributed by atoms with Gasteiger partial charge in [0.25, 0.3) is 5.91 Å². The van der Waals surface area contributed by atoms with Crippen molar-refractivity contribution >= 4 is 29.1 Å². The highest BCUT2D eigenvalue weighted by atomic mass is 35.5. The van der Waals surface area contributed by atoms with E-state index in [9.17, 15) is 9.18 Å². The molecule has 0 spiro atoms. The molecule has 0 unspecified atom stereocenters. The third-order valence-electron chi connectivity index (χ3n) is 3.97. The lowest BCUT2D eigenvalue weighted by atomic mass is 10.2. The molecular formula is C17H18ClFN4O. The predicted octanol–water partition coefficient (Wildman–Crippen LogP) is 3.90. The third kappa shape index (κ3) is 3.82. The average molecular weight is 349 g/mol. The standard InChI is InChI=1S/C17H18ClFN4O/c18-13-6-5-7-14(19)15(13)16(24)22-12-10-20-17(21-11-12)23-8-3-1-2-4-9-23/h5-7,10-11H,1-4,8-9H2,(H,22,24). The van der Waals surface area contributed by atoms with Crippen LogP contribution in [0.3, 0.4) is 0 Å². The number of carbonyl (C=O) groups is 1. The molecule has 1 aromatic carbocycles. The van der Waals surface area contributed by atoms with Crippen LogP contribution >= 0.6 is 11.6 Å². The Morgan fingerprint density at radius 1 is 1.12 bits per heavy atom. The van der Waals surface area contributed by atoms with E-state index in [0.717, 1.165) is 25.9 Å². The van der Waals surface area contributed by atoms with Crippen LogP contribution in [0.15, 0.2) is 30.6 Å². The topological polar surface area (TPSA) is 58.1 Å². The maximum atomic E-state index is 13.8. The zero-order valence-electron chi connectivity index (χ0n) is 13.1. The van der Waals surface area contributed by atoms with Crippen molar-refractivity contribution in [3.8, 4) is 0 Å². The van der Waals surface area contributed by atoms with Gasteiger partial charge >= 0.3 is 0 Å². The molecule has 2 aromatic rings. The molecule has 0 saturated carbocycles. The molecule has 1 fully saturated rings. The zero-order chi connectivity index (χ0) is 16.9. The SMILES string of the molecule is O=C(Nc1cnc(N2CCCCCC2)nc1)c1c(F)cccc1Cl. The largest absolute Gasteiger partial charge is 0.341 e.